The van der Waals surface area contributed by atoms with E-state index < -0.39 is 23.3 Å². The molecule has 0 aliphatic rings. The fraction of sp³-hybridized carbons (Fsp3) is 0.286. The molecule has 0 aliphatic carbocycles. The highest BCUT2D eigenvalue weighted by atomic mass is 19.3. The molecule has 4 N–H and O–H groups in total. The van der Waals surface area contributed by atoms with Crippen LogP contribution in [0, 0.1) is 0 Å². The molecule has 13 heavy (non-hydrogen) atoms. The Morgan fingerprint density at radius 2 is 2.23 bits per heavy atom. The van der Waals surface area contributed by atoms with Gasteiger partial charge >= 0.3 is 0 Å². The van der Waals surface area contributed by atoms with Crippen molar-refractivity contribution in [3.8, 4) is 5.75 Å². The van der Waals surface area contributed by atoms with E-state index in [1.165, 1.54) is 0 Å². The van der Waals surface area contributed by atoms with Gasteiger partial charge in [0.2, 0.25) is 0 Å². The molecule has 4 nitrogen and oxygen atoms in total. The summed E-state index contributed by atoms with van der Waals surface area (Å²) >= 11 is 0. The number of hydrogen-bond donors (Lipinski definition) is 3. The second-order valence-electron chi connectivity index (χ2n) is 2.41. The summed E-state index contributed by atoms with van der Waals surface area (Å²) in [5, 5.41) is 9.16. The highest BCUT2D eigenvalue weighted by molar-refractivity contribution is 5.37. The summed E-state index contributed by atoms with van der Waals surface area (Å²) in [5.74, 6) is -0.721. The van der Waals surface area contributed by atoms with Gasteiger partial charge in [0.1, 0.15) is 5.75 Å². The van der Waals surface area contributed by atoms with Gasteiger partial charge in [-0.05, 0) is 0 Å². The van der Waals surface area contributed by atoms with Gasteiger partial charge in [0.15, 0.2) is 0 Å². The zero-order chi connectivity index (χ0) is 10.0. The first-order chi connectivity index (χ1) is 6.07. The third kappa shape index (κ3) is 1.67. The van der Waals surface area contributed by atoms with E-state index in [-0.39, 0.29) is 12.1 Å². The Morgan fingerprint density at radius 3 is 2.69 bits per heavy atom. The molecule has 0 bridgehead atoms. The van der Waals surface area contributed by atoms with E-state index in [1.54, 1.807) is 0 Å². The van der Waals surface area contributed by atoms with Gasteiger partial charge < -0.3 is 15.8 Å². The molecule has 0 amide bonds. The molecule has 0 aromatic carbocycles. The Labute approximate surface area is 72.0 Å². The molecule has 72 valence electrons. The normalized spacial score (nSPS) is 10.8. The smallest absolute Gasteiger partial charge is 0.268 e. The van der Waals surface area contributed by atoms with Crippen LogP contribution in [0.15, 0.2) is 11.0 Å². The Kier molecular flexibility index (Phi) is 2.62. The molecule has 1 heterocycles. The van der Waals surface area contributed by atoms with Gasteiger partial charge in [-0.25, -0.2) is 8.78 Å². The Balaban J connectivity index is 3.36. The van der Waals surface area contributed by atoms with Crippen LogP contribution in [0.25, 0.3) is 0 Å². The molecule has 0 saturated heterocycles. The maximum Gasteiger partial charge on any atom is 0.268 e. The van der Waals surface area contributed by atoms with E-state index in [9.17, 15) is 13.6 Å². The van der Waals surface area contributed by atoms with E-state index in [4.69, 9.17) is 10.8 Å². The average molecular weight is 190 g/mol. The van der Waals surface area contributed by atoms with Gasteiger partial charge in [-0.3, -0.25) is 4.79 Å². The molecular weight excluding hydrogens is 182 g/mol. The van der Waals surface area contributed by atoms with Crippen LogP contribution in [-0.4, -0.2) is 10.1 Å². The Bertz CT molecular complexity index is 362. The lowest BCUT2D eigenvalue weighted by molar-refractivity contribution is 0.146. The van der Waals surface area contributed by atoms with Gasteiger partial charge in [-0.2, -0.15) is 0 Å². The van der Waals surface area contributed by atoms with Gasteiger partial charge in [0.05, 0.1) is 11.1 Å². The van der Waals surface area contributed by atoms with Crippen molar-refractivity contribution in [1.82, 2.24) is 4.98 Å². The van der Waals surface area contributed by atoms with Crippen LogP contribution >= 0.6 is 0 Å². The van der Waals surface area contributed by atoms with Gasteiger partial charge in [0.25, 0.3) is 12.0 Å². The lowest BCUT2D eigenvalue weighted by Crippen LogP contribution is -2.16. The number of aromatic hydroxyl groups is 1. The van der Waals surface area contributed by atoms with Crippen LogP contribution in [0.2, 0.25) is 0 Å². The van der Waals surface area contributed by atoms with Crippen molar-refractivity contribution < 1.29 is 13.9 Å². The number of pyridine rings is 1. The van der Waals surface area contributed by atoms with Crippen molar-refractivity contribution in [1.29, 1.82) is 0 Å². The zero-order valence-corrected chi connectivity index (χ0v) is 6.55. The largest absolute Gasteiger partial charge is 0.507 e. The second kappa shape index (κ2) is 3.53. The van der Waals surface area contributed by atoms with E-state index in [0.717, 1.165) is 6.20 Å². The number of nitrogens with two attached hydrogens (primary N) is 1. The van der Waals surface area contributed by atoms with Crippen molar-refractivity contribution in [3.63, 3.8) is 0 Å². The third-order valence-electron chi connectivity index (χ3n) is 1.63. The van der Waals surface area contributed by atoms with Crippen LogP contribution < -0.4 is 11.3 Å². The molecule has 0 aliphatic heterocycles. The van der Waals surface area contributed by atoms with Crippen LogP contribution in [0.1, 0.15) is 17.6 Å². The fourth-order valence-electron chi connectivity index (χ4n) is 0.936. The number of aromatic nitrogens is 1. The number of H-pyrrole nitrogens is 1. The minimum Gasteiger partial charge on any atom is -0.507 e. The second-order valence-corrected chi connectivity index (χ2v) is 2.41. The number of hydrogen-bond acceptors (Lipinski definition) is 3. The third-order valence-corrected chi connectivity index (χ3v) is 1.63. The van der Waals surface area contributed by atoms with E-state index in [2.05, 4.69) is 4.98 Å². The molecule has 1 rings (SSSR count). The maximum atomic E-state index is 12.2. The van der Waals surface area contributed by atoms with Crippen molar-refractivity contribution in [2.75, 3.05) is 0 Å². The van der Waals surface area contributed by atoms with Gasteiger partial charge in [-0.15, -0.1) is 0 Å². The van der Waals surface area contributed by atoms with Gasteiger partial charge in [0, 0.05) is 12.7 Å². The first-order valence-electron chi connectivity index (χ1n) is 3.49. The SMILES string of the molecule is NCc1c(O)c(C(F)F)c[nH]c1=O. The summed E-state index contributed by atoms with van der Waals surface area (Å²) in [6.07, 6.45) is -2.05. The van der Waals surface area contributed by atoms with Crippen molar-refractivity contribution >= 4 is 0 Å². The molecule has 0 radical (unpaired) electrons. The van der Waals surface area contributed by atoms with Crippen LogP contribution in [0.3, 0.4) is 0 Å². The summed E-state index contributed by atoms with van der Waals surface area (Å²) in [6.45, 7) is -0.276. The lowest BCUT2D eigenvalue weighted by Gasteiger charge is -2.05. The minimum atomic E-state index is -2.83. The molecule has 0 saturated carbocycles. The number of halogens is 2. The number of nitrogens with one attached hydrogen (secondary N) is 1. The van der Waals surface area contributed by atoms with Crippen LogP contribution in [-0.2, 0) is 6.54 Å². The quantitative estimate of drug-likeness (QED) is 0.634. The van der Waals surface area contributed by atoms with Crippen LogP contribution in [0.4, 0.5) is 8.78 Å². The van der Waals surface area contributed by atoms with Crippen molar-refractivity contribution in [2.45, 2.75) is 13.0 Å². The fourth-order valence-corrected chi connectivity index (χ4v) is 0.936. The lowest BCUT2D eigenvalue weighted by atomic mass is 10.2. The summed E-state index contributed by atoms with van der Waals surface area (Å²) < 4.78 is 24.3. The van der Waals surface area contributed by atoms with Crippen molar-refractivity contribution in [3.05, 3.63) is 27.7 Å². The average Bonchev–Trinajstić information content (AvgIpc) is 2.04. The molecule has 1 aromatic rings. The summed E-state index contributed by atoms with van der Waals surface area (Å²) in [6, 6.07) is 0. The topological polar surface area (TPSA) is 79.1 Å². The zero-order valence-electron chi connectivity index (χ0n) is 6.55. The van der Waals surface area contributed by atoms with Crippen LogP contribution in [0.5, 0.6) is 5.75 Å². The summed E-state index contributed by atoms with van der Waals surface area (Å²) in [4.78, 5) is 13.0. The molecule has 0 fully saturated rings. The molecular formula is C7H8F2N2O2. The Morgan fingerprint density at radius 1 is 1.62 bits per heavy atom. The monoisotopic (exact) mass is 190 g/mol. The first-order valence-corrected chi connectivity index (χ1v) is 3.49. The molecule has 6 heteroatoms. The number of aromatic amines is 1. The van der Waals surface area contributed by atoms with E-state index >= 15 is 0 Å². The molecule has 0 atom stereocenters. The van der Waals surface area contributed by atoms with E-state index in [0.29, 0.717) is 0 Å². The first kappa shape index (κ1) is 9.66. The predicted molar refractivity (Wildman–Crippen MR) is 41.6 cm³/mol. The molecule has 0 unspecified atom stereocenters. The Hall–Kier alpha value is -1.43. The predicted octanol–water partition coefficient (Wildman–Crippen LogP) is 0.477. The summed E-state index contributed by atoms with van der Waals surface area (Å²) in [5.41, 5.74) is 3.61. The van der Waals surface area contributed by atoms with Gasteiger partial charge in [-0.1, -0.05) is 0 Å². The van der Waals surface area contributed by atoms with E-state index in [1.807, 2.05) is 0 Å². The highest BCUT2D eigenvalue weighted by Crippen LogP contribution is 2.27. The molecule has 0 spiro atoms. The van der Waals surface area contributed by atoms with Crippen molar-refractivity contribution in [2.24, 2.45) is 5.73 Å². The number of alkyl halides is 2. The molecule has 1 aromatic heterocycles. The maximum absolute atomic E-state index is 12.2. The minimum absolute atomic E-state index is 0.224. The summed E-state index contributed by atoms with van der Waals surface area (Å²) in [7, 11) is 0. The highest BCUT2D eigenvalue weighted by Gasteiger charge is 2.17. The number of rotatable bonds is 2. The standard InChI is InChI=1S/C7H8F2N2O2/c8-6(9)4-2-11-7(13)3(1-10)5(4)12/h2,6H,1,10H2,(H2,11,12,13).